The molecule has 6 heteroatoms. The van der Waals surface area contributed by atoms with Gasteiger partial charge in [-0.1, -0.05) is 6.07 Å². The largest absolute Gasteiger partial charge is 0.322 e. The van der Waals surface area contributed by atoms with E-state index in [9.17, 15) is 13.6 Å². The fraction of sp³-hybridized carbons (Fsp3) is 0.417. The predicted molar refractivity (Wildman–Crippen MR) is 64.3 cm³/mol. The quantitative estimate of drug-likeness (QED) is 0.840. The van der Waals surface area contributed by atoms with Crippen LogP contribution in [0, 0.1) is 11.6 Å². The Morgan fingerprint density at radius 1 is 1.33 bits per heavy atom. The number of nitrogens with one attached hydrogen (secondary N) is 2. The van der Waals surface area contributed by atoms with E-state index in [4.69, 9.17) is 0 Å². The Bertz CT molecular complexity index is 433. The maximum atomic E-state index is 13.3. The minimum atomic E-state index is -1.02. The number of carbonyl (C=O) groups is 1. The summed E-state index contributed by atoms with van der Waals surface area (Å²) in [4.78, 5) is 13.6. The van der Waals surface area contributed by atoms with Crippen LogP contribution in [0.4, 0.5) is 14.5 Å². The first-order chi connectivity index (χ1) is 8.66. The smallest absolute Gasteiger partial charge is 0.238 e. The van der Waals surface area contributed by atoms with Crippen molar-refractivity contribution < 1.29 is 13.6 Å². The number of halogens is 2. The second kappa shape index (κ2) is 5.88. The van der Waals surface area contributed by atoms with Gasteiger partial charge in [0, 0.05) is 26.2 Å². The van der Waals surface area contributed by atoms with Crippen molar-refractivity contribution in [3.63, 3.8) is 0 Å². The third-order valence-electron chi connectivity index (χ3n) is 2.80. The van der Waals surface area contributed by atoms with Gasteiger partial charge in [-0.3, -0.25) is 9.69 Å². The van der Waals surface area contributed by atoms with Crippen LogP contribution in [-0.4, -0.2) is 43.5 Å². The highest BCUT2D eigenvalue weighted by Crippen LogP contribution is 2.16. The van der Waals surface area contributed by atoms with Gasteiger partial charge in [-0.05, 0) is 12.1 Å². The molecule has 2 rings (SSSR count). The molecule has 0 atom stereocenters. The number of hydrogen-bond donors (Lipinski definition) is 2. The Hall–Kier alpha value is -1.53. The molecule has 18 heavy (non-hydrogen) atoms. The van der Waals surface area contributed by atoms with E-state index < -0.39 is 11.6 Å². The molecule has 1 aliphatic heterocycles. The number of anilines is 1. The van der Waals surface area contributed by atoms with E-state index in [-0.39, 0.29) is 18.1 Å². The first-order valence-corrected chi connectivity index (χ1v) is 5.84. The zero-order chi connectivity index (χ0) is 13.0. The van der Waals surface area contributed by atoms with E-state index >= 15 is 0 Å². The third-order valence-corrected chi connectivity index (χ3v) is 2.80. The highest BCUT2D eigenvalue weighted by atomic mass is 19.2. The number of nitrogens with zero attached hydrogens (tertiary/aromatic N) is 1. The van der Waals surface area contributed by atoms with Gasteiger partial charge in [0.2, 0.25) is 5.91 Å². The minimum absolute atomic E-state index is 0.116. The van der Waals surface area contributed by atoms with E-state index in [0.717, 1.165) is 32.2 Å². The number of rotatable bonds is 3. The molecule has 1 aliphatic rings. The first-order valence-electron chi connectivity index (χ1n) is 5.84. The lowest BCUT2D eigenvalue weighted by atomic mass is 10.3. The maximum Gasteiger partial charge on any atom is 0.238 e. The van der Waals surface area contributed by atoms with Crippen LogP contribution in [0.3, 0.4) is 0 Å². The summed E-state index contributed by atoms with van der Waals surface area (Å²) in [6.07, 6.45) is 0. The van der Waals surface area contributed by atoms with E-state index in [0.29, 0.717) is 0 Å². The van der Waals surface area contributed by atoms with E-state index in [1.165, 1.54) is 12.1 Å². The number of benzene rings is 1. The summed E-state index contributed by atoms with van der Waals surface area (Å²) in [6.45, 7) is 3.42. The van der Waals surface area contributed by atoms with Crippen molar-refractivity contribution in [2.75, 3.05) is 38.0 Å². The summed E-state index contributed by atoms with van der Waals surface area (Å²) in [5.74, 6) is -2.32. The van der Waals surface area contributed by atoms with Crippen LogP contribution in [0.1, 0.15) is 0 Å². The van der Waals surface area contributed by atoms with Crippen LogP contribution in [0.25, 0.3) is 0 Å². The number of hydrogen-bond acceptors (Lipinski definition) is 3. The van der Waals surface area contributed by atoms with Crippen LogP contribution >= 0.6 is 0 Å². The molecule has 0 spiro atoms. The lowest BCUT2D eigenvalue weighted by Gasteiger charge is -2.26. The molecular weight excluding hydrogens is 240 g/mol. The summed E-state index contributed by atoms with van der Waals surface area (Å²) in [7, 11) is 0. The van der Waals surface area contributed by atoms with Crippen molar-refractivity contribution in [3.8, 4) is 0 Å². The van der Waals surface area contributed by atoms with Gasteiger partial charge in [-0.15, -0.1) is 0 Å². The second-order valence-corrected chi connectivity index (χ2v) is 4.18. The van der Waals surface area contributed by atoms with Crippen LogP contribution < -0.4 is 10.6 Å². The van der Waals surface area contributed by atoms with Gasteiger partial charge in [0.15, 0.2) is 11.6 Å². The van der Waals surface area contributed by atoms with Crippen LogP contribution in [-0.2, 0) is 4.79 Å². The SMILES string of the molecule is O=C(CN1CCNCC1)Nc1cccc(F)c1F. The van der Waals surface area contributed by atoms with Gasteiger partial charge in [0.25, 0.3) is 0 Å². The highest BCUT2D eigenvalue weighted by Gasteiger charge is 2.15. The Kier molecular flexibility index (Phi) is 4.22. The summed E-state index contributed by atoms with van der Waals surface area (Å²) in [5, 5.41) is 5.55. The fourth-order valence-electron chi connectivity index (χ4n) is 1.86. The summed E-state index contributed by atoms with van der Waals surface area (Å²) >= 11 is 0. The molecule has 98 valence electrons. The lowest BCUT2D eigenvalue weighted by Crippen LogP contribution is -2.46. The van der Waals surface area contributed by atoms with Crippen molar-refractivity contribution >= 4 is 11.6 Å². The Labute approximate surface area is 104 Å². The van der Waals surface area contributed by atoms with E-state index in [2.05, 4.69) is 10.6 Å². The first kappa shape index (κ1) is 12.9. The Morgan fingerprint density at radius 3 is 2.78 bits per heavy atom. The number of piperazine rings is 1. The fourth-order valence-corrected chi connectivity index (χ4v) is 1.86. The standard InChI is InChI=1S/C12H15F2N3O/c13-9-2-1-3-10(12(9)14)16-11(18)8-17-6-4-15-5-7-17/h1-3,15H,4-8H2,(H,16,18). The zero-order valence-electron chi connectivity index (χ0n) is 9.88. The molecule has 0 saturated carbocycles. The molecule has 1 aromatic rings. The van der Waals surface area contributed by atoms with Gasteiger partial charge in [-0.2, -0.15) is 0 Å². The Balaban J connectivity index is 1.92. The van der Waals surface area contributed by atoms with Gasteiger partial charge in [-0.25, -0.2) is 8.78 Å². The van der Waals surface area contributed by atoms with E-state index in [1.54, 1.807) is 0 Å². The molecule has 4 nitrogen and oxygen atoms in total. The summed E-state index contributed by atoms with van der Waals surface area (Å²) in [5.41, 5.74) is -0.116. The summed E-state index contributed by atoms with van der Waals surface area (Å²) < 4.78 is 26.3. The molecule has 1 fully saturated rings. The van der Waals surface area contributed by atoms with Crippen molar-refractivity contribution in [3.05, 3.63) is 29.8 Å². The molecule has 1 heterocycles. The molecule has 0 radical (unpaired) electrons. The highest BCUT2D eigenvalue weighted by molar-refractivity contribution is 5.92. The molecular formula is C12H15F2N3O. The number of amides is 1. The number of carbonyl (C=O) groups excluding carboxylic acids is 1. The maximum absolute atomic E-state index is 13.3. The molecule has 0 aliphatic carbocycles. The molecule has 0 aromatic heterocycles. The Morgan fingerprint density at radius 2 is 2.06 bits per heavy atom. The van der Waals surface area contributed by atoms with Gasteiger partial charge in [0.1, 0.15) is 0 Å². The molecule has 2 N–H and O–H groups in total. The van der Waals surface area contributed by atoms with Gasteiger partial charge in [0.05, 0.1) is 12.2 Å². The lowest BCUT2D eigenvalue weighted by molar-refractivity contribution is -0.117. The van der Waals surface area contributed by atoms with Crippen LogP contribution in [0.15, 0.2) is 18.2 Å². The average molecular weight is 255 g/mol. The monoisotopic (exact) mass is 255 g/mol. The topological polar surface area (TPSA) is 44.4 Å². The van der Waals surface area contributed by atoms with Crippen molar-refractivity contribution in [1.29, 1.82) is 0 Å². The summed E-state index contributed by atoms with van der Waals surface area (Å²) in [6, 6.07) is 3.72. The molecule has 1 aromatic carbocycles. The predicted octanol–water partition coefficient (Wildman–Crippen LogP) is 0.808. The van der Waals surface area contributed by atoms with Gasteiger partial charge >= 0.3 is 0 Å². The normalized spacial score (nSPS) is 16.6. The second-order valence-electron chi connectivity index (χ2n) is 4.18. The molecule has 1 amide bonds. The van der Waals surface area contributed by atoms with Crippen molar-refractivity contribution in [2.45, 2.75) is 0 Å². The van der Waals surface area contributed by atoms with Crippen molar-refractivity contribution in [2.24, 2.45) is 0 Å². The average Bonchev–Trinajstić information content (AvgIpc) is 2.36. The molecule has 0 unspecified atom stereocenters. The molecule has 1 saturated heterocycles. The zero-order valence-corrected chi connectivity index (χ0v) is 9.88. The molecule has 0 bridgehead atoms. The van der Waals surface area contributed by atoms with Crippen LogP contribution in [0.5, 0.6) is 0 Å². The van der Waals surface area contributed by atoms with Gasteiger partial charge < -0.3 is 10.6 Å². The van der Waals surface area contributed by atoms with E-state index in [1.807, 2.05) is 4.90 Å². The van der Waals surface area contributed by atoms with Crippen molar-refractivity contribution in [1.82, 2.24) is 10.2 Å². The third kappa shape index (κ3) is 3.24. The minimum Gasteiger partial charge on any atom is -0.322 e. The van der Waals surface area contributed by atoms with Crippen LogP contribution in [0.2, 0.25) is 0 Å².